The highest BCUT2D eigenvalue weighted by molar-refractivity contribution is 9.10. The Kier molecular flexibility index (Phi) is 8.59. The van der Waals surface area contributed by atoms with Gasteiger partial charge in [-0.15, -0.1) is 11.8 Å². The number of piperidine rings is 1. The van der Waals surface area contributed by atoms with Gasteiger partial charge in [-0.25, -0.2) is 13.1 Å². The molecular weight excluding hydrogens is 454 g/mol. The zero-order chi connectivity index (χ0) is 19.9. The number of likely N-dealkylation sites (tertiary alicyclic amines) is 1. The van der Waals surface area contributed by atoms with Crippen molar-refractivity contribution in [2.24, 2.45) is 5.92 Å². The molecule has 1 atom stereocenters. The van der Waals surface area contributed by atoms with Crippen molar-refractivity contribution in [1.29, 1.82) is 0 Å². The van der Waals surface area contributed by atoms with Crippen LogP contribution in [0, 0.1) is 5.92 Å². The third-order valence-electron chi connectivity index (χ3n) is 4.07. The molecule has 27 heavy (non-hydrogen) atoms. The summed E-state index contributed by atoms with van der Waals surface area (Å²) in [5, 5.41) is 2.79. The molecule has 0 bridgehead atoms. The molecule has 2 amide bonds. The van der Waals surface area contributed by atoms with Gasteiger partial charge in [0.05, 0.1) is 17.8 Å². The number of carbonyl (C=O) groups is 2. The van der Waals surface area contributed by atoms with Crippen molar-refractivity contribution < 1.29 is 18.0 Å². The Morgan fingerprint density at radius 3 is 2.81 bits per heavy atom. The first-order valence-corrected chi connectivity index (χ1v) is 12.4. The highest BCUT2D eigenvalue weighted by Crippen LogP contribution is 2.18. The first-order valence-electron chi connectivity index (χ1n) is 8.58. The molecular formula is C17H24BrN3O4S2. The van der Waals surface area contributed by atoms with Crippen LogP contribution in [0.3, 0.4) is 0 Å². The second kappa shape index (κ2) is 10.4. The zero-order valence-corrected chi connectivity index (χ0v) is 18.3. The first kappa shape index (κ1) is 22.2. The van der Waals surface area contributed by atoms with Gasteiger partial charge < -0.3 is 10.2 Å². The lowest BCUT2D eigenvalue weighted by molar-refractivity contribution is -0.130. The molecule has 2 N–H and O–H groups in total. The van der Waals surface area contributed by atoms with E-state index in [-0.39, 0.29) is 29.2 Å². The molecule has 1 aromatic rings. The molecule has 1 aliphatic rings. The van der Waals surface area contributed by atoms with Gasteiger partial charge in [-0.05, 0) is 37.0 Å². The van der Waals surface area contributed by atoms with Crippen LogP contribution in [0.5, 0.6) is 0 Å². The molecule has 1 fully saturated rings. The van der Waals surface area contributed by atoms with Gasteiger partial charge in [0.15, 0.2) is 0 Å². The number of carbonyl (C=O) groups excluding carboxylic acids is 2. The van der Waals surface area contributed by atoms with Crippen molar-refractivity contribution in [3.8, 4) is 0 Å². The number of hydrogen-bond donors (Lipinski definition) is 2. The number of halogens is 1. The number of amides is 2. The minimum absolute atomic E-state index is 0.0145. The predicted molar refractivity (Wildman–Crippen MR) is 112 cm³/mol. The van der Waals surface area contributed by atoms with Crippen LogP contribution in [0.1, 0.15) is 12.8 Å². The van der Waals surface area contributed by atoms with E-state index >= 15 is 0 Å². The lowest BCUT2D eigenvalue weighted by Gasteiger charge is -2.32. The van der Waals surface area contributed by atoms with E-state index in [1.165, 1.54) is 11.8 Å². The molecule has 0 aromatic heterocycles. The Balaban J connectivity index is 1.70. The molecule has 7 nitrogen and oxygen atoms in total. The summed E-state index contributed by atoms with van der Waals surface area (Å²) in [5.41, 5.74) is 0.707. The van der Waals surface area contributed by atoms with Crippen LogP contribution in [-0.4, -0.2) is 62.5 Å². The van der Waals surface area contributed by atoms with Crippen LogP contribution in [-0.2, 0) is 19.6 Å². The fourth-order valence-corrected chi connectivity index (χ4v) is 4.47. The lowest BCUT2D eigenvalue weighted by Crippen LogP contribution is -2.44. The average Bonchev–Trinajstić information content (AvgIpc) is 2.59. The van der Waals surface area contributed by atoms with Crippen molar-refractivity contribution >= 4 is 55.2 Å². The third kappa shape index (κ3) is 8.63. The Morgan fingerprint density at radius 2 is 2.11 bits per heavy atom. The summed E-state index contributed by atoms with van der Waals surface area (Å²) < 4.78 is 25.8. The molecule has 1 aliphatic heterocycles. The first-order chi connectivity index (χ1) is 12.7. The number of anilines is 1. The van der Waals surface area contributed by atoms with E-state index in [9.17, 15) is 18.0 Å². The Hall–Kier alpha value is -1.10. The summed E-state index contributed by atoms with van der Waals surface area (Å²) >= 11 is 4.63. The predicted octanol–water partition coefficient (Wildman–Crippen LogP) is 1.91. The van der Waals surface area contributed by atoms with Crippen LogP contribution < -0.4 is 10.0 Å². The molecule has 0 aliphatic carbocycles. The minimum Gasteiger partial charge on any atom is -0.342 e. The van der Waals surface area contributed by atoms with Crippen LogP contribution in [0.25, 0.3) is 0 Å². The molecule has 0 spiro atoms. The number of hydrogen-bond acceptors (Lipinski definition) is 5. The second-order valence-electron chi connectivity index (χ2n) is 6.52. The third-order valence-corrected chi connectivity index (χ3v) is 6.17. The zero-order valence-electron chi connectivity index (χ0n) is 15.1. The minimum atomic E-state index is -3.22. The number of nitrogens with zero attached hydrogens (tertiary/aromatic N) is 1. The summed E-state index contributed by atoms with van der Waals surface area (Å²) in [6.07, 6.45) is 2.89. The van der Waals surface area contributed by atoms with Gasteiger partial charge in [-0.3, -0.25) is 9.59 Å². The largest absolute Gasteiger partial charge is 0.342 e. The van der Waals surface area contributed by atoms with Gasteiger partial charge in [-0.1, -0.05) is 22.0 Å². The maximum absolute atomic E-state index is 12.4. The maximum atomic E-state index is 12.4. The molecule has 0 radical (unpaired) electrons. The Labute approximate surface area is 172 Å². The van der Waals surface area contributed by atoms with E-state index in [2.05, 4.69) is 26.0 Å². The normalized spacial score (nSPS) is 17.6. The topological polar surface area (TPSA) is 95.6 Å². The van der Waals surface area contributed by atoms with Crippen molar-refractivity contribution in [3.63, 3.8) is 0 Å². The van der Waals surface area contributed by atoms with Crippen molar-refractivity contribution in [3.05, 3.63) is 28.7 Å². The van der Waals surface area contributed by atoms with E-state index < -0.39 is 10.0 Å². The van der Waals surface area contributed by atoms with E-state index in [4.69, 9.17) is 0 Å². The van der Waals surface area contributed by atoms with Gasteiger partial charge in [0.25, 0.3) is 0 Å². The van der Waals surface area contributed by atoms with Gasteiger partial charge in [0.2, 0.25) is 21.8 Å². The molecule has 10 heteroatoms. The van der Waals surface area contributed by atoms with E-state index in [1.54, 1.807) is 11.0 Å². The number of benzene rings is 1. The van der Waals surface area contributed by atoms with E-state index in [0.29, 0.717) is 25.3 Å². The van der Waals surface area contributed by atoms with Crippen LogP contribution in [0.15, 0.2) is 28.7 Å². The van der Waals surface area contributed by atoms with Crippen LogP contribution in [0.4, 0.5) is 5.69 Å². The molecule has 1 aromatic carbocycles. The summed E-state index contributed by atoms with van der Waals surface area (Å²) in [4.78, 5) is 26.1. The second-order valence-corrected chi connectivity index (χ2v) is 10.3. The van der Waals surface area contributed by atoms with Crippen molar-refractivity contribution in [2.45, 2.75) is 12.8 Å². The highest BCUT2D eigenvalue weighted by Gasteiger charge is 2.24. The standard InChI is InChI=1S/C17H24BrN3O4S2/c1-27(24,25)19-9-13-4-3-7-21(10-13)17(23)12-26-11-16(22)20-15-6-2-5-14(18)8-15/h2,5-6,8,13,19H,3-4,7,9-12H2,1H3,(H,20,22). The summed E-state index contributed by atoms with van der Waals surface area (Å²) in [7, 11) is -3.22. The lowest BCUT2D eigenvalue weighted by atomic mass is 9.98. The smallest absolute Gasteiger partial charge is 0.234 e. The summed E-state index contributed by atoms with van der Waals surface area (Å²) in [5.74, 6) is 0.393. The molecule has 2 rings (SSSR count). The molecule has 1 heterocycles. The molecule has 1 saturated heterocycles. The monoisotopic (exact) mass is 477 g/mol. The van der Waals surface area contributed by atoms with E-state index in [1.807, 2.05) is 18.2 Å². The Morgan fingerprint density at radius 1 is 1.33 bits per heavy atom. The maximum Gasteiger partial charge on any atom is 0.234 e. The molecule has 1 unspecified atom stereocenters. The fraction of sp³-hybridized carbons (Fsp3) is 0.529. The fourth-order valence-electron chi connectivity index (χ4n) is 2.81. The van der Waals surface area contributed by atoms with Crippen molar-refractivity contribution in [1.82, 2.24) is 9.62 Å². The highest BCUT2D eigenvalue weighted by atomic mass is 79.9. The Bertz CT molecular complexity index is 773. The van der Waals surface area contributed by atoms with E-state index in [0.717, 1.165) is 23.6 Å². The number of nitrogens with one attached hydrogen (secondary N) is 2. The van der Waals surface area contributed by atoms with Crippen LogP contribution >= 0.6 is 27.7 Å². The molecule has 0 saturated carbocycles. The summed E-state index contributed by atoms with van der Waals surface area (Å²) in [6, 6.07) is 7.32. The van der Waals surface area contributed by atoms with Crippen molar-refractivity contribution in [2.75, 3.05) is 42.7 Å². The number of thioether (sulfide) groups is 1. The quantitative estimate of drug-likeness (QED) is 0.595. The average molecular weight is 478 g/mol. The van der Waals surface area contributed by atoms with Crippen LogP contribution in [0.2, 0.25) is 0 Å². The SMILES string of the molecule is CS(=O)(=O)NCC1CCCN(C(=O)CSCC(=O)Nc2cccc(Br)c2)C1. The van der Waals surface area contributed by atoms with Gasteiger partial charge in [-0.2, -0.15) is 0 Å². The number of sulfonamides is 1. The molecule has 150 valence electrons. The van der Waals surface area contributed by atoms with Gasteiger partial charge in [0, 0.05) is 29.8 Å². The van der Waals surface area contributed by atoms with Gasteiger partial charge in [0.1, 0.15) is 0 Å². The summed E-state index contributed by atoms with van der Waals surface area (Å²) in [6.45, 7) is 1.58. The van der Waals surface area contributed by atoms with Gasteiger partial charge >= 0.3 is 0 Å². The number of rotatable bonds is 8.